The highest BCUT2D eigenvalue weighted by Crippen LogP contribution is 2.33. The van der Waals surface area contributed by atoms with E-state index in [1.165, 1.54) is 23.5 Å². The maximum atomic E-state index is 13.1. The summed E-state index contributed by atoms with van der Waals surface area (Å²) >= 11 is 1.17. The molecule has 8 heteroatoms. The SMILES string of the molecule is NC(=O)OCCNC(=O)c1sc2ccc(F)cc2c1N. The fourth-order valence-electron chi connectivity index (χ4n) is 1.65. The van der Waals surface area contributed by atoms with Crippen LogP contribution in [0.3, 0.4) is 0 Å². The van der Waals surface area contributed by atoms with Gasteiger partial charge in [-0.3, -0.25) is 4.79 Å². The molecule has 0 saturated heterocycles. The lowest BCUT2D eigenvalue weighted by molar-refractivity contribution is 0.0941. The van der Waals surface area contributed by atoms with Crippen LogP contribution < -0.4 is 16.8 Å². The van der Waals surface area contributed by atoms with Crippen LogP contribution in [0.5, 0.6) is 0 Å². The van der Waals surface area contributed by atoms with Gasteiger partial charge in [0.25, 0.3) is 5.91 Å². The number of thiophene rings is 1. The topological polar surface area (TPSA) is 107 Å². The molecule has 0 aliphatic heterocycles. The van der Waals surface area contributed by atoms with Gasteiger partial charge in [-0.1, -0.05) is 0 Å². The summed E-state index contributed by atoms with van der Waals surface area (Å²) in [6, 6.07) is 4.16. The van der Waals surface area contributed by atoms with Crippen LogP contribution >= 0.6 is 11.3 Å². The molecule has 0 saturated carbocycles. The van der Waals surface area contributed by atoms with Gasteiger partial charge in [0.05, 0.1) is 12.2 Å². The molecule has 2 aromatic rings. The first-order valence-electron chi connectivity index (χ1n) is 5.67. The van der Waals surface area contributed by atoms with Gasteiger partial charge < -0.3 is 21.5 Å². The average molecular weight is 297 g/mol. The average Bonchev–Trinajstić information content (AvgIpc) is 2.72. The third-order valence-corrected chi connectivity index (χ3v) is 3.71. The summed E-state index contributed by atoms with van der Waals surface area (Å²) in [7, 11) is 0. The first-order valence-corrected chi connectivity index (χ1v) is 6.48. The summed E-state index contributed by atoms with van der Waals surface area (Å²) < 4.78 is 18.3. The Balaban J connectivity index is 2.10. The van der Waals surface area contributed by atoms with Crippen molar-refractivity contribution in [1.29, 1.82) is 0 Å². The Hall–Kier alpha value is -2.35. The zero-order valence-electron chi connectivity index (χ0n) is 10.3. The molecular weight excluding hydrogens is 285 g/mol. The van der Waals surface area contributed by atoms with Crippen LogP contribution in [0.25, 0.3) is 10.1 Å². The highest BCUT2D eigenvalue weighted by Gasteiger charge is 2.16. The van der Waals surface area contributed by atoms with Gasteiger partial charge in [-0.25, -0.2) is 9.18 Å². The van der Waals surface area contributed by atoms with Crippen LogP contribution in [0.2, 0.25) is 0 Å². The normalized spacial score (nSPS) is 10.4. The molecule has 106 valence electrons. The summed E-state index contributed by atoms with van der Waals surface area (Å²) in [5, 5.41) is 3.04. The molecule has 0 aliphatic rings. The van der Waals surface area contributed by atoms with E-state index in [2.05, 4.69) is 10.1 Å². The Labute approximate surface area is 117 Å². The van der Waals surface area contributed by atoms with Gasteiger partial charge in [-0.15, -0.1) is 11.3 Å². The smallest absolute Gasteiger partial charge is 0.404 e. The van der Waals surface area contributed by atoms with Crippen LogP contribution in [0.4, 0.5) is 14.9 Å². The van der Waals surface area contributed by atoms with Gasteiger partial charge in [0, 0.05) is 10.1 Å². The molecule has 0 aliphatic carbocycles. The lowest BCUT2D eigenvalue weighted by Gasteiger charge is -2.04. The van der Waals surface area contributed by atoms with Crippen molar-refractivity contribution in [2.24, 2.45) is 5.73 Å². The number of ether oxygens (including phenoxy) is 1. The van der Waals surface area contributed by atoms with E-state index in [0.717, 1.165) is 4.70 Å². The van der Waals surface area contributed by atoms with Crippen molar-refractivity contribution in [3.05, 3.63) is 28.9 Å². The van der Waals surface area contributed by atoms with Crippen LogP contribution in [-0.4, -0.2) is 25.2 Å². The van der Waals surface area contributed by atoms with Crippen LogP contribution in [0, 0.1) is 5.82 Å². The van der Waals surface area contributed by atoms with Crippen LogP contribution in [0.15, 0.2) is 18.2 Å². The molecule has 5 N–H and O–H groups in total. The number of primary amides is 1. The van der Waals surface area contributed by atoms with Crippen LogP contribution in [0.1, 0.15) is 9.67 Å². The molecule has 1 aromatic carbocycles. The third-order valence-electron chi connectivity index (χ3n) is 2.53. The number of halogens is 1. The van der Waals surface area contributed by atoms with Crippen molar-refractivity contribution in [2.75, 3.05) is 18.9 Å². The number of nitrogens with two attached hydrogens (primary N) is 2. The minimum absolute atomic E-state index is 0.0273. The lowest BCUT2D eigenvalue weighted by Crippen LogP contribution is -2.28. The first-order chi connectivity index (χ1) is 9.49. The number of carbonyl (C=O) groups excluding carboxylic acids is 2. The van der Waals surface area contributed by atoms with Crippen molar-refractivity contribution in [3.63, 3.8) is 0 Å². The Morgan fingerprint density at radius 3 is 2.85 bits per heavy atom. The maximum Gasteiger partial charge on any atom is 0.404 e. The predicted molar refractivity (Wildman–Crippen MR) is 74.1 cm³/mol. The highest BCUT2D eigenvalue weighted by molar-refractivity contribution is 7.21. The fourth-order valence-corrected chi connectivity index (χ4v) is 2.67. The molecule has 0 unspecified atom stereocenters. The maximum absolute atomic E-state index is 13.1. The van der Waals surface area contributed by atoms with Crippen molar-refractivity contribution < 1.29 is 18.7 Å². The number of nitrogen functional groups attached to an aromatic ring is 1. The van der Waals surface area contributed by atoms with Gasteiger partial charge in [-0.05, 0) is 18.2 Å². The molecule has 2 rings (SSSR count). The minimum Gasteiger partial charge on any atom is -0.448 e. The Morgan fingerprint density at radius 1 is 1.40 bits per heavy atom. The number of hydrogen-bond donors (Lipinski definition) is 3. The van der Waals surface area contributed by atoms with E-state index in [-0.39, 0.29) is 18.8 Å². The largest absolute Gasteiger partial charge is 0.448 e. The Kier molecular flexibility index (Phi) is 4.04. The van der Waals surface area contributed by atoms with E-state index in [4.69, 9.17) is 11.5 Å². The summed E-state index contributed by atoms with van der Waals surface area (Å²) in [4.78, 5) is 22.6. The van der Waals surface area contributed by atoms with Crippen LogP contribution in [-0.2, 0) is 4.74 Å². The number of nitrogens with one attached hydrogen (secondary N) is 1. The molecule has 6 nitrogen and oxygen atoms in total. The number of fused-ring (bicyclic) bond motifs is 1. The van der Waals surface area contributed by atoms with Gasteiger partial charge in [0.2, 0.25) is 0 Å². The second-order valence-electron chi connectivity index (χ2n) is 3.91. The summed E-state index contributed by atoms with van der Waals surface area (Å²) in [5.41, 5.74) is 10.9. The van der Waals surface area contributed by atoms with E-state index >= 15 is 0 Å². The molecule has 0 fully saturated rings. The number of hydrogen-bond acceptors (Lipinski definition) is 5. The van der Waals surface area contributed by atoms with E-state index in [0.29, 0.717) is 10.3 Å². The number of amides is 2. The molecule has 0 radical (unpaired) electrons. The summed E-state index contributed by atoms with van der Waals surface area (Å²) in [5.74, 6) is -0.819. The fraction of sp³-hybridized carbons (Fsp3) is 0.167. The second kappa shape index (κ2) is 5.74. The zero-order valence-corrected chi connectivity index (χ0v) is 11.1. The highest BCUT2D eigenvalue weighted by atomic mass is 32.1. The Bertz CT molecular complexity index is 671. The van der Waals surface area contributed by atoms with Gasteiger partial charge >= 0.3 is 6.09 Å². The second-order valence-corrected chi connectivity index (χ2v) is 4.96. The summed E-state index contributed by atoms with van der Waals surface area (Å²) in [6.07, 6.45) is -0.906. The minimum atomic E-state index is -0.906. The van der Waals surface area contributed by atoms with Crippen molar-refractivity contribution in [2.45, 2.75) is 0 Å². The van der Waals surface area contributed by atoms with E-state index in [1.807, 2.05) is 0 Å². The Morgan fingerprint density at radius 2 is 2.15 bits per heavy atom. The van der Waals surface area contributed by atoms with E-state index < -0.39 is 17.8 Å². The van der Waals surface area contributed by atoms with Crippen molar-refractivity contribution in [1.82, 2.24) is 5.32 Å². The number of anilines is 1. The van der Waals surface area contributed by atoms with Gasteiger partial charge in [0.1, 0.15) is 17.3 Å². The number of benzene rings is 1. The molecule has 0 atom stereocenters. The summed E-state index contributed by atoms with van der Waals surface area (Å²) in [6.45, 7) is 0.0876. The molecule has 2 amide bonds. The first kappa shape index (κ1) is 14.1. The van der Waals surface area contributed by atoms with Gasteiger partial charge in [0.15, 0.2) is 0 Å². The quantitative estimate of drug-likeness (QED) is 0.742. The molecule has 0 bridgehead atoms. The number of carbonyl (C=O) groups is 2. The molecule has 1 aromatic heterocycles. The van der Waals surface area contributed by atoms with E-state index in [1.54, 1.807) is 6.07 Å². The van der Waals surface area contributed by atoms with Gasteiger partial charge in [-0.2, -0.15) is 0 Å². The monoisotopic (exact) mass is 297 g/mol. The van der Waals surface area contributed by atoms with Crippen molar-refractivity contribution >= 4 is 39.1 Å². The molecular formula is C12H12FN3O3S. The zero-order chi connectivity index (χ0) is 14.7. The standard InChI is InChI=1S/C12H12FN3O3S/c13-6-1-2-8-7(5-6)9(14)10(20-8)11(17)16-3-4-19-12(15)18/h1-2,5H,3-4,14H2,(H2,15,18)(H,16,17). The van der Waals surface area contributed by atoms with E-state index in [9.17, 15) is 14.0 Å². The third kappa shape index (κ3) is 2.97. The van der Waals surface area contributed by atoms with Crippen molar-refractivity contribution in [3.8, 4) is 0 Å². The molecule has 20 heavy (non-hydrogen) atoms. The lowest BCUT2D eigenvalue weighted by atomic mass is 10.2. The predicted octanol–water partition coefficient (Wildman–Crippen LogP) is 1.45. The molecule has 0 spiro atoms. The molecule has 1 heterocycles. The number of rotatable bonds is 4.